The molecule has 0 radical (unpaired) electrons. The molecule has 0 aliphatic carbocycles. The van der Waals surface area contributed by atoms with Crippen molar-refractivity contribution >= 4 is 40.1 Å². The Bertz CT molecular complexity index is 545. The van der Waals surface area contributed by atoms with Gasteiger partial charge in [-0.15, -0.1) is 6.58 Å². The van der Waals surface area contributed by atoms with E-state index in [0.717, 1.165) is 34.8 Å². The second-order valence-corrected chi connectivity index (χ2v) is 5.26. The number of hydrogen-bond acceptors (Lipinski definition) is 4. The van der Waals surface area contributed by atoms with Gasteiger partial charge in [0.05, 0.1) is 5.52 Å². The number of fused-ring (bicyclic) bond motifs is 1. The van der Waals surface area contributed by atoms with Gasteiger partial charge in [0.15, 0.2) is 0 Å². The van der Waals surface area contributed by atoms with E-state index in [1.54, 1.807) is 6.33 Å². The molecule has 0 amide bonds. The van der Waals surface area contributed by atoms with Gasteiger partial charge in [-0.2, -0.15) is 11.8 Å². The average molecular weight is 280 g/mol. The van der Waals surface area contributed by atoms with E-state index in [1.165, 1.54) is 0 Å². The summed E-state index contributed by atoms with van der Waals surface area (Å²) in [6.07, 6.45) is 3.46. The van der Waals surface area contributed by atoms with E-state index in [-0.39, 0.29) is 0 Å². The first-order chi connectivity index (χ1) is 8.81. The molecule has 94 valence electrons. The molecule has 0 aliphatic rings. The zero-order valence-electron chi connectivity index (χ0n) is 9.90. The van der Waals surface area contributed by atoms with E-state index in [9.17, 15) is 0 Å². The summed E-state index contributed by atoms with van der Waals surface area (Å²) in [6.45, 7) is 4.56. The summed E-state index contributed by atoms with van der Waals surface area (Å²) in [5.74, 6) is 2.85. The predicted octanol–water partition coefficient (Wildman–Crippen LogP) is 3.61. The average Bonchev–Trinajstić information content (AvgIpc) is 2.38. The topological polar surface area (TPSA) is 37.8 Å². The number of benzene rings is 1. The maximum atomic E-state index is 5.94. The lowest BCUT2D eigenvalue weighted by Gasteiger charge is -2.07. The quantitative estimate of drug-likeness (QED) is 0.647. The van der Waals surface area contributed by atoms with Crippen LogP contribution in [0.3, 0.4) is 0 Å². The zero-order valence-corrected chi connectivity index (χ0v) is 11.5. The van der Waals surface area contributed by atoms with Gasteiger partial charge in [0, 0.05) is 28.5 Å². The molecule has 0 atom stereocenters. The lowest BCUT2D eigenvalue weighted by molar-refractivity contribution is 1.15. The van der Waals surface area contributed by atoms with Crippen LogP contribution in [0.1, 0.15) is 0 Å². The van der Waals surface area contributed by atoms with Gasteiger partial charge in [-0.1, -0.05) is 17.7 Å². The van der Waals surface area contributed by atoms with Crippen molar-refractivity contribution < 1.29 is 0 Å². The number of thioether (sulfide) groups is 1. The minimum Gasteiger partial charge on any atom is -0.369 e. The third-order valence-electron chi connectivity index (χ3n) is 2.37. The fraction of sp³-hybridized carbons (Fsp3) is 0.231. The van der Waals surface area contributed by atoms with Gasteiger partial charge in [-0.3, -0.25) is 0 Å². The fourth-order valence-electron chi connectivity index (χ4n) is 1.58. The second kappa shape index (κ2) is 6.61. The molecular formula is C13H14ClN3S. The number of nitrogens with zero attached hydrogens (tertiary/aromatic N) is 2. The van der Waals surface area contributed by atoms with E-state index in [2.05, 4.69) is 21.9 Å². The van der Waals surface area contributed by atoms with Crippen molar-refractivity contribution in [1.82, 2.24) is 9.97 Å². The van der Waals surface area contributed by atoms with E-state index in [4.69, 9.17) is 11.6 Å². The van der Waals surface area contributed by atoms with E-state index >= 15 is 0 Å². The van der Waals surface area contributed by atoms with Crippen LogP contribution in [0.4, 0.5) is 5.82 Å². The van der Waals surface area contributed by atoms with Gasteiger partial charge in [0.2, 0.25) is 0 Å². The highest BCUT2D eigenvalue weighted by Gasteiger charge is 2.03. The highest BCUT2D eigenvalue weighted by Crippen LogP contribution is 2.22. The Morgan fingerprint density at radius 3 is 3.11 bits per heavy atom. The molecule has 1 aromatic heterocycles. The molecule has 3 nitrogen and oxygen atoms in total. The van der Waals surface area contributed by atoms with Crippen LogP contribution in [0.2, 0.25) is 5.02 Å². The molecule has 0 bridgehead atoms. The van der Waals surface area contributed by atoms with Gasteiger partial charge in [0.25, 0.3) is 0 Å². The summed E-state index contributed by atoms with van der Waals surface area (Å²) in [5, 5.41) is 5.00. The molecule has 18 heavy (non-hydrogen) atoms. The first kappa shape index (κ1) is 13.2. The Morgan fingerprint density at radius 2 is 2.28 bits per heavy atom. The third kappa shape index (κ3) is 3.37. The number of halogens is 1. The smallest absolute Gasteiger partial charge is 0.137 e. The monoisotopic (exact) mass is 279 g/mol. The molecule has 0 fully saturated rings. The maximum Gasteiger partial charge on any atom is 0.137 e. The Balaban J connectivity index is 2.06. The molecule has 5 heteroatoms. The van der Waals surface area contributed by atoms with E-state index in [0.29, 0.717) is 5.02 Å². The SMILES string of the molecule is C=CCSCCNc1ncnc2cc(Cl)ccc12. The van der Waals surface area contributed by atoms with Gasteiger partial charge in [-0.25, -0.2) is 9.97 Å². The van der Waals surface area contributed by atoms with Crippen molar-refractivity contribution in [2.75, 3.05) is 23.4 Å². The lowest BCUT2D eigenvalue weighted by Crippen LogP contribution is -2.06. The van der Waals surface area contributed by atoms with Crippen LogP contribution < -0.4 is 5.32 Å². The molecule has 2 rings (SSSR count). The lowest BCUT2D eigenvalue weighted by atomic mass is 10.2. The fourth-order valence-corrected chi connectivity index (χ4v) is 2.33. The first-order valence-corrected chi connectivity index (χ1v) is 7.17. The molecule has 1 N–H and O–H groups in total. The van der Waals surface area contributed by atoms with Gasteiger partial charge in [-0.05, 0) is 18.2 Å². The number of nitrogens with one attached hydrogen (secondary N) is 1. The van der Waals surface area contributed by atoms with Crippen LogP contribution in [0.15, 0.2) is 37.2 Å². The van der Waals surface area contributed by atoms with Crippen molar-refractivity contribution in [3.8, 4) is 0 Å². The van der Waals surface area contributed by atoms with Crippen LogP contribution in [0.25, 0.3) is 10.9 Å². The third-order valence-corrected chi connectivity index (χ3v) is 3.57. The van der Waals surface area contributed by atoms with Crippen molar-refractivity contribution in [3.63, 3.8) is 0 Å². The van der Waals surface area contributed by atoms with Gasteiger partial charge >= 0.3 is 0 Å². The maximum absolute atomic E-state index is 5.94. The molecule has 0 unspecified atom stereocenters. The van der Waals surface area contributed by atoms with Crippen molar-refractivity contribution in [1.29, 1.82) is 0 Å². The minimum atomic E-state index is 0.689. The Labute approximate surface area is 116 Å². The highest BCUT2D eigenvalue weighted by atomic mass is 35.5. The van der Waals surface area contributed by atoms with Crippen molar-refractivity contribution in [3.05, 3.63) is 42.2 Å². The van der Waals surface area contributed by atoms with Gasteiger partial charge < -0.3 is 5.32 Å². The molecule has 1 aromatic carbocycles. The summed E-state index contributed by atoms with van der Waals surface area (Å²) >= 11 is 7.77. The first-order valence-electron chi connectivity index (χ1n) is 5.64. The molecule has 2 aromatic rings. The largest absolute Gasteiger partial charge is 0.369 e. The molecule has 0 spiro atoms. The Kier molecular flexibility index (Phi) is 4.84. The molecular weight excluding hydrogens is 266 g/mol. The van der Waals surface area contributed by atoms with Crippen molar-refractivity contribution in [2.45, 2.75) is 0 Å². The van der Waals surface area contributed by atoms with Crippen LogP contribution in [-0.2, 0) is 0 Å². The minimum absolute atomic E-state index is 0.689. The van der Waals surface area contributed by atoms with Crippen LogP contribution in [0.5, 0.6) is 0 Å². The van der Waals surface area contributed by atoms with E-state index < -0.39 is 0 Å². The van der Waals surface area contributed by atoms with Crippen LogP contribution in [-0.4, -0.2) is 28.0 Å². The number of anilines is 1. The normalized spacial score (nSPS) is 10.5. The van der Waals surface area contributed by atoms with Crippen molar-refractivity contribution in [2.24, 2.45) is 0 Å². The highest BCUT2D eigenvalue weighted by molar-refractivity contribution is 7.99. The number of aromatic nitrogens is 2. The zero-order chi connectivity index (χ0) is 12.8. The Morgan fingerprint density at radius 1 is 1.39 bits per heavy atom. The molecule has 0 saturated carbocycles. The van der Waals surface area contributed by atoms with E-state index in [1.807, 2.05) is 36.0 Å². The standard InChI is InChI=1S/C13H14ClN3S/c1-2-6-18-7-5-15-13-11-4-3-10(14)8-12(11)16-9-17-13/h2-4,8-9H,1,5-7H2,(H,15,16,17). The molecule has 1 heterocycles. The molecule has 0 aliphatic heterocycles. The Hall–Kier alpha value is -1.26. The van der Waals surface area contributed by atoms with Crippen LogP contribution in [0, 0.1) is 0 Å². The summed E-state index contributed by atoms with van der Waals surface area (Å²) in [5.41, 5.74) is 0.860. The number of hydrogen-bond donors (Lipinski definition) is 1. The summed E-state index contributed by atoms with van der Waals surface area (Å²) in [6, 6.07) is 5.64. The molecule has 0 saturated heterocycles. The van der Waals surface area contributed by atoms with Crippen LogP contribution >= 0.6 is 23.4 Å². The summed E-state index contributed by atoms with van der Waals surface area (Å²) in [4.78, 5) is 8.47. The second-order valence-electron chi connectivity index (χ2n) is 3.67. The number of rotatable bonds is 6. The summed E-state index contributed by atoms with van der Waals surface area (Å²) < 4.78 is 0. The predicted molar refractivity (Wildman–Crippen MR) is 80.6 cm³/mol. The summed E-state index contributed by atoms with van der Waals surface area (Å²) in [7, 11) is 0. The van der Waals surface area contributed by atoms with Gasteiger partial charge in [0.1, 0.15) is 12.1 Å².